The molecule has 6 heteroatoms. The molecule has 0 aliphatic rings. The number of carbonyl (C=O) groups excluding carboxylic acids is 1. The molecule has 1 N–H and O–H groups in total. The number of hydrogen-bond donors (Lipinski definition) is 1. The van der Waals surface area contributed by atoms with Crippen molar-refractivity contribution in [1.82, 2.24) is 15.3 Å². The topological polar surface area (TPSA) is 58.1 Å². The Morgan fingerprint density at radius 1 is 1.17 bits per heavy atom. The fourth-order valence-electron chi connectivity index (χ4n) is 2.19. The molecule has 0 aliphatic carbocycles. The number of rotatable bonds is 6. The molecule has 1 aromatic heterocycles. The van der Waals surface area contributed by atoms with E-state index in [1.54, 1.807) is 18.2 Å². The Bertz CT molecular complexity index is 669. The van der Waals surface area contributed by atoms with Gasteiger partial charge in [0.1, 0.15) is 11.5 Å². The van der Waals surface area contributed by atoms with Crippen molar-refractivity contribution in [2.45, 2.75) is 27.3 Å². The second-order valence-electron chi connectivity index (χ2n) is 5.18. The third-order valence-electron chi connectivity index (χ3n) is 3.49. The molecule has 5 nitrogen and oxygen atoms in total. The van der Waals surface area contributed by atoms with Crippen molar-refractivity contribution >= 4 is 11.9 Å². The van der Waals surface area contributed by atoms with E-state index in [2.05, 4.69) is 15.3 Å². The molecule has 0 atom stereocenters. The van der Waals surface area contributed by atoms with Crippen molar-refractivity contribution in [3.63, 3.8) is 0 Å². The molecule has 1 aromatic carbocycles. The van der Waals surface area contributed by atoms with Gasteiger partial charge in [0, 0.05) is 25.3 Å². The summed E-state index contributed by atoms with van der Waals surface area (Å²) in [5, 5.41) is 2.79. The van der Waals surface area contributed by atoms with Crippen molar-refractivity contribution in [2.75, 3.05) is 18.0 Å². The van der Waals surface area contributed by atoms with Crippen LogP contribution in [0, 0.1) is 12.7 Å². The molecule has 2 rings (SSSR count). The van der Waals surface area contributed by atoms with Crippen LogP contribution in [0.3, 0.4) is 0 Å². The fourth-order valence-corrected chi connectivity index (χ4v) is 2.19. The van der Waals surface area contributed by atoms with Crippen LogP contribution >= 0.6 is 0 Å². The molecule has 0 fully saturated rings. The molecule has 0 unspecified atom stereocenters. The third kappa shape index (κ3) is 4.48. The standard InChI is InChI=1S/C17H21FN4O/c1-4-22(5-2)17-20-12(3)10-15(21-17)16(23)19-11-13-6-8-14(18)9-7-13/h6-10H,4-5,11H2,1-3H3,(H,19,23). The number of aromatic nitrogens is 2. The number of hydrogen-bond acceptors (Lipinski definition) is 4. The molecular formula is C17H21FN4O. The van der Waals surface area contributed by atoms with Crippen molar-refractivity contribution in [3.8, 4) is 0 Å². The molecule has 122 valence electrons. The highest BCUT2D eigenvalue weighted by atomic mass is 19.1. The van der Waals surface area contributed by atoms with Crippen molar-refractivity contribution in [1.29, 1.82) is 0 Å². The number of benzene rings is 1. The van der Waals surface area contributed by atoms with Gasteiger partial charge in [-0.3, -0.25) is 4.79 Å². The lowest BCUT2D eigenvalue weighted by Crippen LogP contribution is -2.28. The first-order valence-corrected chi connectivity index (χ1v) is 7.66. The summed E-state index contributed by atoms with van der Waals surface area (Å²) >= 11 is 0. The van der Waals surface area contributed by atoms with Crippen molar-refractivity contribution in [2.24, 2.45) is 0 Å². The Balaban J connectivity index is 2.10. The Hall–Kier alpha value is -2.50. The zero-order chi connectivity index (χ0) is 16.8. The maximum atomic E-state index is 12.9. The van der Waals surface area contributed by atoms with Crippen molar-refractivity contribution < 1.29 is 9.18 Å². The molecule has 0 spiro atoms. The molecule has 1 amide bonds. The first-order chi connectivity index (χ1) is 11.0. The molecule has 23 heavy (non-hydrogen) atoms. The average Bonchev–Trinajstić information content (AvgIpc) is 2.54. The number of nitrogens with one attached hydrogen (secondary N) is 1. The molecule has 1 heterocycles. The molecule has 0 bridgehead atoms. The Morgan fingerprint density at radius 2 is 1.83 bits per heavy atom. The minimum Gasteiger partial charge on any atom is -0.347 e. The molecular weight excluding hydrogens is 295 g/mol. The lowest BCUT2D eigenvalue weighted by molar-refractivity contribution is 0.0945. The summed E-state index contributed by atoms with van der Waals surface area (Å²) in [4.78, 5) is 23.0. The maximum absolute atomic E-state index is 12.9. The van der Waals surface area contributed by atoms with Gasteiger partial charge in [-0.05, 0) is 44.5 Å². The number of carbonyl (C=O) groups is 1. The van der Waals surface area contributed by atoms with Gasteiger partial charge < -0.3 is 10.2 Å². The maximum Gasteiger partial charge on any atom is 0.270 e. The highest BCUT2D eigenvalue weighted by Gasteiger charge is 2.13. The Kier molecular flexibility index (Phi) is 5.62. The summed E-state index contributed by atoms with van der Waals surface area (Å²) < 4.78 is 12.9. The van der Waals surface area contributed by atoms with Crippen molar-refractivity contribution in [3.05, 3.63) is 53.1 Å². The molecule has 0 aliphatic heterocycles. The normalized spacial score (nSPS) is 10.4. The van der Waals surface area contributed by atoms with Crippen LogP contribution in [0.5, 0.6) is 0 Å². The quantitative estimate of drug-likeness (QED) is 0.890. The van der Waals surface area contributed by atoms with E-state index < -0.39 is 0 Å². The molecule has 2 aromatic rings. The fraction of sp³-hybridized carbons (Fsp3) is 0.353. The van der Waals surface area contributed by atoms with E-state index in [1.165, 1.54) is 12.1 Å². The summed E-state index contributed by atoms with van der Waals surface area (Å²) in [7, 11) is 0. The SMILES string of the molecule is CCN(CC)c1nc(C)cc(C(=O)NCc2ccc(F)cc2)n1. The molecule has 0 saturated heterocycles. The smallest absolute Gasteiger partial charge is 0.270 e. The summed E-state index contributed by atoms with van der Waals surface area (Å²) in [6.45, 7) is 7.74. The van der Waals surface area contributed by atoms with Crippen LogP contribution in [0.15, 0.2) is 30.3 Å². The van der Waals surface area contributed by atoms with Crippen LogP contribution in [0.4, 0.5) is 10.3 Å². The highest BCUT2D eigenvalue weighted by molar-refractivity contribution is 5.92. The summed E-state index contributed by atoms with van der Waals surface area (Å²) in [6, 6.07) is 7.68. The van der Waals surface area contributed by atoms with Gasteiger partial charge in [0.25, 0.3) is 5.91 Å². The number of anilines is 1. The van der Waals surface area contributed by atoms with E-state index in [0.29, 0.717) is 18.2 Å². The molecule has 0 saturated carbocycles. The van der Waals surface area contributed by atoms with Gasteiger partial charge in [-0.25, -0.2) is 14.4 Å². The first kappa shape index (κ1) is 16.9. The van der Waals surface area contributed by atoms with E-state index in [9.17, 15) is 9.18 Å². The summed E-state index contributed by atoms with van der Waals surface area (Å²) in [6.07, 6.45) is 0. The van der Waals surface area contributed by atoms with E-state index >= 15 is 0 Å². The second kappa shape index (κ2) is 7.67. The zero-order valence-electron chi connectivity index (χ0n) is 13.6. The summed E-state index contributed by atoms with van der Waals surface area (Å²) in [5.41, 5.74) is 1.91. The zero-order valence-corrected chi connectivity index (χ0v) is 13.6. The van der Waals surface area contributed by atoms with Gasteiger partial charge in [0.15, 0.2) is 0 Å². The van der Waals surface area contributed by atoms with Crippen LogP contribution in [-0.2, 0) is 6.54 Å². The number of aryl methyl sites for hydroxylation is 1. The average molecular weight is 316 g/mol. The minimum absolute atomic E-state index is 0.270. The van der Waals surface area contributed by atoms with Crippen LogP contribution in [0.25, 0.3) is 0 Å². The second-order valence-corrected chi connectivity index (χ2v) is 5.18. The van der Waals surface area contributed by atoms with E-state index in [1.807, 2.05) is 25.7 Å². The van der Waals surface area contributed by atoms with Crippen LogP contribution < -0.4 is 10.2 Å². The van der Waals surface area contributed by atoms with Crippen LogP contribution in [0.1, 0.15) is 35.6 Å². The highest BCUT2D eigenvalue weighted by Crippen LogP contribution is 2.10. The Morgan fingerprint density at radius 3 is 2.43 bits per heavy atom. The lowest BCUT2D eigenvalue weighted by atomic mass is 10.2. The molecule has 0 radical (unpaired) electrons. The largest absolute Gasteiger partial charge is 0.347 e. The van der Waals surface area contributed by atoms with Gasteiger partial charge in [0.2, 0.25) is 5.95 Å². The minimum atomic E-state index is -0.296. The van der Waals surface area contributed by atoms with E-state index in [0.717, 1.165) is 24.3 Å². The number of nitrogens with zero attached hydrogens (tertiary/aromatic N) is 3. The van der Waals surface area contributed by atoms with E-state index in [4.69, 9.17) is 0 Å². The summed E-state index contributed by atoms with van der Waals surface area (Å²) in [5.74, 6) is -0.00877. The van der Waals surface area contributed by atoms with Crippen LogP contribution in [0.2, 0.25) is 0 Å². The van der Waals surface area contributed by atoms with Crippen LogP contribution in [-0.4, -0.2) is 29.0 Å². The van der Waals surface area contributed by atoms with Gasteiger partial charge in [-0.2, -0.15) is 0 Å². The van der Waals surface area contributed by atoms with Gasteiger partial charge in [-0.1, -0.05) is 12.1 Å². The van der Waals surface area contributed by atoms with Gasteiger partial charge in [-0.15, -0.1) is 0 Å². The van der Waals surface area contributed by atoms with Gasteiger partial charge >= 0.3 is 0 Å². The lowest BCUT2D eigenvalue weighted by Gasteiger charge is -2.19. The van der Waals surface area contributed by atoms with E-state index in [-0.39, 0.29) is 11.7 Å². The predicted octanol–water partition coefficient (Wildman–Crippen LogP) is 2.70. The number of amides is 1. The first-order valence-electron chi connectivity index (χ1n) is 7.66. The Labute approximate surface area is 135 Å². The van der Waals surface area contributed by atoms with Gasteiger partial charge in [0.05, 0.1) is 0 Å². The number of halogens is 1. The third-order valence-corrected chi connectivity index (χ3v) is 3.49. The monoisotopic (exact) mass is 316 g/mol. The predicted molar refractivity (Wildman–Crippen MR) is 87.9 cm³/mol.